The summed E-state index contributed by atoms with van der Waals surface area (Å²) in [5.74, 6) is 0. The standard InChI is InChI=1S/C13H21N3/c14-12-5-3-6-13(11-12)15-7-4-10-16-8-1-2-9-16/h3,5-6,11,15H,1-2,4,7-10,14H2. The van der Waals surface area contributed by atoms with Gasteiger partial charge in [0, 0.05) is 17.9 Å². The molecule has 0 radical (unpaired) electrons. The number of nitrogens with two attached hydrogens (primary N) is 1. The van der Waals surface area contributed by atoms with Crippen LogP contribution in [-0.4, -0.2) is 31.1 Å². The maximum atomic E-state index is 5.71. The predicted octanol–water partition coefficient (Wildman–Crippen LogP) is 2.17. The Kier molecular flexibility index (Phi) is 4.05. The maximum absolute atomic E-state index is 5.71. The Labute approximate surface area is 97.6 Å². The van der Waals surface area contributed by atoms with Crippen molar-refractivity contribution in [1.29, 1.82) is 0 Å². The zero-order chi connectivity index (χ0) is 11.2. The zero-order valence-corrected chi connectivity index (χ0v) is 9.78. The molecule has 3 N–H and O–H groups in total. The highest BCUT2D eigenvalue weighted by molar-refractivity contribution is 5.53. The number of hydrogen-bond donors (Lipinski definition) is 2. The summed E-state index contributed by atoms with van der Waals surface area (Å²) in [5.41, 5.74) is 7.66. The number of benzene rings is 1. The first-order chi connectivity index (χ1) is 7.84. The first-order valence-corrected chi connectivity index (χ1v) is 6.16. The van der Waals surface area contributed by atoms with Crippen LogP contribution in [0.25, 0.3) is 0 Å². The lowest BCUT2D eigenvalue weighted by atomic mass is 10.3. The molecular weight excluding hydrogens is 198 g/mol. The van der Waals surface area contributed by atoms with Gasteiger partial charge in [0.05, 0.1) is 0 Å². The van der Waals surface area contributed by atoms with Crippen molar-refractivity contribution < 1.29 is 0 Å². The van der Waals surface area contributed by atoms with Crippen LogP contribution < -0.4 is 11.1 Å². The highest BCUT2D eigenvalue weighted by atomic mass is 15.1. The molecule has 0 unspecified atom stereocenters. The van der Waals surface area contributed by atoms with Crippen molar-refractivity contribution in [3.8, 4) is 0 Å². The third-order valence-corrected chi connectivity index (χ3v) is 3.07. The predicted molar refractivity (Wildman–Crippen MR) is 69.6 cm³/mol. The van der Waals surface area contributed by atoms with Gasteiger partial charge in [-0.15, -0.1) is 0 Å². The van der Waals surface area contributed by atoms with Crippen LogP contribution in [0.2, 0.25) is 0 Å². The van der Waals surface area contributed by atoms with Crippen LogP contribution in [0.1, 0.15) is 19.3 Å². The van der Waals surface area contributed by atoms with E-state index in [-0.39, 0.29) is 0 Å². The monoisotopic (exact) mass is 219 g/mol. The third-order valence-electron chi connectivity index (χ3n) is 3.07. The Morgan fingerprint density at radius 3 is 2.81 bits per heavy atom. The van der Waals surface area contributed by atoms with E-state index in [9.17, 15) is 0 Å². The first-order valence-electron chi connectivity index (χ1n) is 6.16. The van der Waals surface area contributed by atoms with Crippen LogP contribution >= 0.6 is 0 Å². The van der Waals surface area contributed by atoms with Crippen molar-refractivity contribution in [2.45, 2.75) is 19.3 Å². The summed E-state index contributed by atoms with van der Waals surface area (Å²) in [6, 6.07) is 7.94. The second-order valence-electron chi connectivity index (χ2n) is 4.45. The highest BCUT2D eigenvalue weighted by Gasteiger charge is 2.09. The molecule has 3 nitrogen and oxygen atoms in total. The Morgan fingerprint density at radius 1 is 1.25 bits per heavy atom. The molecule has 0 bridgehead atoms. The van der Waals surface area contributed by atoms with Crippen LogP contribution in [0.3, 0.4) is 0 Å². The topological polar surface area (TPSA) is 41.3 Å². The molecule has 0 amide bonds. The van der Waals surface area contributed by atoms with Gasteiger partial charge in [-0.2, -0.15) is 0 Å². The van der Waals surface area contributed by atoms with E-state index in [0.29, 0.717) is 0 Å². The van der Waals surface area contributed by atoms with Gasteiger partial charge in [0.25, 0.3) is 0 Å². The van der Waals surface area contributed by atoms with Crippen molar-refractivity contribution >= 4 is 11.4 Å². The molecule has 1 heterocycles. The molecule has 1 aromatic rings. The fraction of sp³-hybridized carbons (Fsp3) is 0.538. The van der Waals surface area contributed by atoms with Crippen molar-refractivity contribution in [2.75, 3.05) is 37.2 Å². The van der Waals surface area contributed by atoms with E-state index in [4.69, 9.17) is 5.73 Å². The second-order valence-corrected chi connectivity index (χ2v) is 4.45. The van der Waals surface area contributed by atoms with Gasteiger partial charge >= 0.3 is 0 Å². The number of anilines is 2. The Bertz CT molecular complexity index is 319. The van der Waals surface area contributed by atoms with Gasteiger partial charge in [-0.3, -0.25) is 0 Å². The third kappa shape index (κ3) is 3.42. The molecule has 3 heteroatoms. The molecule has 0 spiro atoms. The van der Waals surface area contributed by atoms with Gasteiger partial charge in [-0.1, -0.05) is 6.07 Å². The SMILES string of the molecule is Nc1cccc(NCCCN2CCCC2)c1. The average molecular weight is 219 g/mol. The molecule has 2 rings (SSSR count). The number of nitrogens with one attached hydrogen (secondary N) is 1. The van der Waals surface area contributed by atoms with Crippen molar-refractivity contribution in [1.82, 2.24) is 4.90 Å². The van der Waals surface area contributed by atoms with E-state index in [0.717, 1.165) is 17.9 Å². The maximum Gasteiger partial charge on any atom is 0.0360 e. The van der Waals surface area contributed by atoms with Gasteiger partial charge in [0.1, 0.15) is 0 Å². The molecule has 0 aliphatic carbocycles. The van der Waals surface area contributed by atoms with E-state index in [1.807, 2.05) is 18.2 Å². The van der Waals surface area contributed by atoms with E-state index >= 15 is 0 Å². The lowest BCUT2D eigenvalue weighted by Crippen LogP contribution is -2.22. The van der Waals surface area contributed by atoms with E-state index in [1.54, 1.807) is 0 Å². The number of likely N-dealkylation sites (tertiary alicyclic amines) is 1. The summed E-state index contributed by atoms with van der Waals surface area (Å²) in [6.07, 6.45) is 3.96. The Balaban J connectivity index is 1.64. The van der Waals surface area contributed by atoms with Gasteiger partial charge in [-0.25, -0.2) is 0 Å². The Morgan fingerprint density at radius 2 is 2.06 bits per heavy atom. The van der Waals surface area contributed by atoms with Crippen molar-refractivity contribution in [3.05, 3.63) is 24.3 Å². The smallest absolute Gasteiger partial charge is 0.0360 e. The second kappa shape index (κ2) is 5.75. The molecule has 1 aromatic carbocycles. The minimum atomic E-state index is 0.824. The lowest BCUT2D eigenvalue weighted by Gasteiger charge is -2.14. The molecule has 1 aliphatic heterocycles. The molecule has 16 heavy (non-hydrogen) atoms. The number of nitrogens with zero attached hydrogens (tertiary/aromatic N) is 1. The summed E-state index contributed by atoms with van der Waals surface area (Å²) in [4.78, 5) is 2.54. The molecule has 88 valence electrons. The fourth-order valence-electron chi connectivity index (χ4n) is 2.19. The first kappa shape index (κ1) is 11.3. The number of rotatable bonds is 5. The van der Waals surface area contributed by atoms with Crippen LogP contribution in [0.4, 0.5) is 11.4 Å². The Hall–Kier alpha value is -1.22. The largest absolute Gasteiger partial charge is 0.399 e. The summed E-state index contributed by atoms with van der Waals surface area (Å²) in [5, 5.41) is 3.40. The van der Waals surface area contributed by atoms with Crippen molar-refractivity contribution in [3.63, 3.8) is 0 Å². The van der Waals surface area contributed by atoms with Gasteiger partial charge < -0.3 is 16.0 Å². The molecule has 0 atom stereocenters. The van der Waals surface area contributed by atoms with Crippen LogP contribution in [0.15, 0.2) is 24.3 Å². The number of nitrogen functional groups attached to an aromatic ring is 1. The van der Waals surface area contributed by atoms with E-state index < -0.39 is 0 Å². The molecule has 1 fully saturated rings. The van der Waals surface area contributed by atoms with E-state index in [2.05, 4.69) is 16.3 Å². The quantitative estimate of drug-likeness (QED) is 0.589. The van der Waals surface area contributed by atoms with E-state index in [1.165, 1.54) is 38.9 Å². The molecule has 0 aromatic heterocycles. The van der Waals surface area contributed by atoms with Gasteiger partial charge in [0.2, 0.25) is 0 Å². The number of hydrogen-bond acceptors (Lipinski definition) is 3. The van der Waals surface area contributed by atoms with Crippen LogP contribution in [0.5, 0.6) is 0 Å². The van der Waals surface area contributed by atoms with Crippen LogP contribution in [-0.2, 0) is 0 Å². The molecule has 0 saturated carbocycles. The molecule has 1 aliphatic rings. The highest BCUT2D eigenvalue weighted by Crippen LogP contribution is 2.12. The minimum Gasteiger partial charge on any atom is -0.399 e. The summed E-state index contributed by atoms with van der Waals surface area (Å²) in [6.45, 7) is 4.83. The lowest BCUT2D eigenvalue weighted by molar-refractivity contribution is 0.337. The van der Waals surface area contributed by atoms with Gasteiger partial charge in [0.15, 0.2) is 0 Å². The summed E-state index contributed by atoms with van der Waals surface area (Å²) >= 11 is 0. The van der Waals surface area contributed by atoms with Gasteiger partial charge in [-0.05, 0) is 57.1 Å². The van der Waals surface area contributed by atoms with Crippen LogP contribution in [0, 0.1) is 0 Å². The van der Waals surface area contributed by atoms with Crippen molar-refractivity contribution in [2.24, 2.45) is 0 Å². The summed E-state index contributed by atoms with van der Waals surface area (Å²) in [7, 11) is 0. The molecular formula is C13H21N3. The normalized spacial score (nSPS) is 16.5. The minimum absolute atomic E-state index is 0.824. The molecule has 1 saturated heterocycles. The summed E-state index contributed by atoms with van der Waals surface area (Å²) < 4.78 is 0. The average Bonchev–Trinajstić information content (AvgIpc) is 2.77. The fourth-order valence-corrected chi connectivity index (χ4v) is 2.19. The zero-order valence-electron chi connectivity index (χ0n) is 9.78.